The van der Waals surface area contributed by atoms with Gasteiger partial charge in [-0.3, -0.25) is 10.1 Å². The maximum Gasteiger partial charge on any atom is 0.345 e. The first-order chi connectivity index (χ1) is 9.99. The Morgan fingerprint density at radius 2 is 2.05 bits per heavy atom. The Kier molecular flexibility index (Phi) is 4.07. The van der Waals surface area contributed by atoms with E-state index < -0.39 is 10.9 Å². The second kappa shape index (κ2) is 5.95. The van der Waals surface area contributed by atoms with Gasteiger partial charge in [0.05, 0.1) is 17.6 Å². The number of hydrogen-bond donors (Lipinski definition) is 0. The third kappa shape index (κ3) is 3.50. The Labute approximate surface area is 119 Å². The standard InChI is InChI=1S/C13H11N3O5/c1-8-6-11(15-13(14-8)20-2)21-12(17)9-4-3-5-10(7-9)16(18)19/h3-7H,1-2H3. The minimum atomic E-state index is -0.751. The van der Waals surface area contributed by atoms with Gasteiger partial charge in [-0.05, 0) is 13.0 Å². The van der Waals surface area contributed by atoms with Gasteiger partial charge in [-0.2, -0.15) is 4.98 Å². The van der Waals surface area contributed by atoms with Crippen molar-refractivity contribution in [1.29, 1.82) is 0 Å². The van der Waals surface area contributed by atoms with Crippen molar-refractivity contribution in [2.75, 3.05) is 7.11 Å². The summed E-state index contributed by atoms with van der Waals surface area (Å²) in [5, 5.41) is 10.7. The minimum absolute atomic E-state index is 0.0101. The molecule has 0 aliphatic carbocycles. The molecule has 2 aromatic rings. The number of aromatic nitrogens is 2. The molecule has 0 radical (unpaired) electrons. The molecule has 0 spiro atoms. The Hall–Kier alpha value is -3.03. The zero-order valence-electron chi connectivity index (χ0n) is 11.3. The van der Waals surface area contributed by atoms with Gasteiger partial charge < -0.3 is 9.47 Å². The molecule has 0 aliphatic heterocycles. The Bertz CT molecular complexity index is 702. The maximum absolute atomic E-state index is 12.0. The lowest BCUT2D eigenvalue weighted by molar-refractivity contribution is -0.384. The van der Waals surface area contributed by atoms with Crippen molar-refractivity contribution in [3.05, 3.63) is 51.7 Å². The number of carbonyl (C=O) groups excluding carboxylic acids is 1. The van der Waals surface area contributed by atoms with Crippen LogP contribution in [0, 0.1) is 17.0 Å². The molecular formula is C13H11N3O5. The number of methoxy groups -OCH3 is 1. The number of nitrogens with zero attached hydrogens (tertiary/aromatic N) is 3. The van der Waals surface area contributed by atoms with E-state index in [0.29, 0.717) is 5.69 Å². The van der Waals surface area contributed by atoms with Crippen LogP contribution in [0.2, 0.25) is 0 Å². The van der Waals surface area contributed by atoms with Crippen molar-refractivity contribution in [3.63, 3.8) is 0 Å². The quantitative estimate of drug-likeness (QED) is 0.481. The largest absolute Gasteiger partial charge is 0.467 e. The smallest absolute Gasteiger partial charge is 0.345 e. The zero-order valence-corrected chi connectivity index (χ0v) is 11.3. The highest BCUT2D eigenvalue weighted by atomic mass is 16.6. The molecule has 0 atom stereocenters. The Morgan fingerprint density at radius 1 is 1.29 bits per heavy atom. The summed E-state index contributed by atoms with van der Waals surface area (Å²) < 4.78 is 9.94. The van der Waals surface area contributed by atoms with Crippen molar-refractivity contribution in [3.8, 4) is 11.9 Å². The molecule has 108 valence electrons. The Balaban J connectivity index is 2.23. The topological polar surface area (TPSA) is 104 Å². The van der Waals surface area contributed by atoms with Gasteiger partial charge in [0, 0.05) is 23.9 Å². The predicted octanol–water partition coefficient (Wildman–Crippen LogP) is 1.92. The van der Waals surface area contributed by atoms with Crippen molar-refractivity contribution in [2.24, 2.45) is 0 Å². The minimum Gasteiger partial charge on any atom is -0.467 e. The van der Waals surface area contributed by atoms with Gasteiger partial charge in [-0.15, -0.1) is 0 Å². The molecule has 0 bridgehead atoms. The van der Waals surface area contributed by atoms with Crippen LogP contribution in [-0.2, 0) is 0 Å². The van der Waals surface area contributed by atoms with Gasteiger partial charge >= 0.3 is 12.0 Å². The molecular weight excluding hydrogens is 278 g/mol. The van der Waals surface area contributed by atoms with Crippen LogP contribution in [0.1, 0.15) is 16.1 Å². The fourth-order valence-electron chi connectivity index (χ4n) is 1.56. The second-order valence-electron chi connectivity index (χ2n) is 4.03. The first kappa shape index (κ1) is 14.4. The molecule has 8 nitrogen and oxygen atoms in total. The van der Waals surface area contributed by atoms with E-state index in [1.807, 2.05) is 0 Å². The number of ether oxygens (including phenoxy) is 2. The van der Waals surface area contributed by atoms with Crippen LogP contribution >= 0.6 is 0 Å². The van der Waals surface area contributed by atoms with Crippen LogP contribution in [0.4, 0.5) is 5.69 Å². The number of nitro benzene ring substituents is 1. The van der Waals surface area contributed by atoms with E-state index in [-0.39, 0.29) is 23.1 Å². The zero-order chi connectivity index (χ0) is 15.4. The molecule has 0 saturated carbocycles. The Morgan fingerprint density at radius 3 is 2.71 bits per heavy atom. The SMILES string of the molecule is COc1nc(C)cc(OC(=O)c2cccc([N+](=O)[O-])c2)n1. The van der Waals surface area contributed by atoms with Gasteiger partial charge in [-0.25, -0.2) is 9.78 Å². The summed E-state index contributed by atoms with van der Waals surface area (Å²) in [6, 6.07) is 6.76. The first-order valence-corrected chi connectivity index (χ1v) is 5.86. The molecule has 0 unspecified atom stereocenters. The summed E-state index contributed by atoms with van der Waals surface area (Å²) in [7, 11) is 1.39. The highest BCUT2D eigenvalue weighted by Crippen LogP contribution is 2.17. The third-order valence-corrected chi connectivity index (χ3v) is 2.48. The molecule has 0 aliphatic rings. The number of carbonyl (C=O) groups is 1. The van der Waals surface area contributed by atoms with Crippen molar-refractivity contribution in [2.45, 2.75) is 6.92 Å². The number of aryl methyl sites for hydroxylation is 1. The van der Waals surface area contributed by atoms with Crippen LogP contribution in [0.3, 0.4) is 0 Å². The number of rotatable bonds is 4. The summed E-state index contributed by atoms with van der Waals surface area (Å²) in [5.74, 6) is -0.741. The molecule has 1 aromatic carbocycles. The van der Waals surface area contributed by atoms with Gasteiger partial charge in [-0.1, -0.05) is 6.07 Å². The van der Waals surface area contributed by atoms with Gasteiger partial charge in [0.25, 0.3) is 5.69 Å². The summed E-state index contributed by atoms with van der Waals surface area (Å²) in [5.41, 5.74) is 0.420. The molecule has 8 heteroatoms. The van der Waals surface area contributed by atoms with E-state index in [9.17, 15) is 14.9 Å². The number of esters is 1. The lowest BCUT2D eigenvalue weighted by Crippen LogP contribution is -2.10. The van der Waals surface area contributed by atoms with Gasteiger partial charge in [0.1, 0.15) is 0 Å². The summed E-state index contributed by atoms with van der Waals surface area (Å²) in [4.78, 5) is 29.9. The lowest BCUT2D eigenvalue weighted by Gasteiger charge is -2.05. The third-order valence-electron chi connectivity index (χ3n) is 2.48. The summed E-state index contributed by atoms with van der Waals surface area (Å²) in [6.07, 6.45) is 0. The predicted molar refractivity (Wildman–Crippen MR) is 71.4 cm³/mol. The molecule has 2 rings (SSSR count). The average Bonchev–Trinajstić information content (AvgIpc) is 2.46. The van der Waals surface area contributed by atoms with Crippen LogP contribution in [-0.4, -0.2) is 28.0 Å². The second-order valence-corrected chi connectivity index (χ2v) is 4.03. The fraction of sp³-hybridized carbons (Fsp3) is 0.154. The van der Waals surface area contributed by atoms with E-state index in [4.69, 9.17) is 9.47 Å². The number of hydrogen-bond acceptors (Lipinski definition) is 7. The van der Waals surface area contributed by atoms with Crippen molar-refractivity contribution in [1.82, 2.24) is 9.97 Å². The van der Waals surface area contributed by atoms with E-state index in [0.717, 1.165) is 6.07 Å². The maximum atomic E-state index is 12.0. The monoisotopic (exact) mass is 289 g/mol. The van der Waals surface area contributed by atoms with Gasteiger partial charge in [0.2, 0.25) is 5.88 Å². The number of benzene rings is 1. The molecule has 21 heavy (non-hydrogen) atoms. The number of nitro groups is 1. The van der Waals surface area contributed by atoms with Crippen LogP contribution in [0.25, 0.3) is 0 Å². The van der Waals surface area contributed by atoms with E-state index in [1.54, 1.807) is 6.92 Å². The molecule has 0 amide bonds. The van der Waals surface area contributed by atoms with E-state index >= 15 is 0 Å². The van der Waals surface area contributed by atoms with Crippen molar-refractivity contribution < 1.29 is 19.2 Å². The van der Waals surface area contributed by atoms with Gasteiger partial charge in [0.15, 0.2) is 0 Å². The average molecular weight is 289 g/mol. The molecule has 1 aromatic heterocycles. The fourth-order valence-corrected chi connectivity index (χ4v) is 1.56. The molecule has 0 fully saturated rings. The van der Waals surface area contributed by atoms with Crippen LogP contribution in [0.5, 0.6) is 11.9 Å². The summed E-state index contributed by atoms with van der Waals surface area (Å²) in [6.45, 7) is 1.69. The highest BCUT2D eigenvalue weighted by Gasteiger charge is 2.15. The molecule has 0 saturated heterocycles. The van der Waals surface area contributed by atoms with E-state index in [2.05, 4.69) is 9.97 Å². The van der Waals surface area contributed by atoms with Crippen molar-refractivity contribution >= 4 is 11.7 Å². The number of non-ortho nitro benzene ring substituents is 1. The molecule has 1 heterocycles. The highest BCUT2D eigenvalue weighted by molar-refractivity contribution is 5.91. The van der Waals surface area contributed by atoms with E-state index in [1.165, 1.54) is 31.4 Å². The first-order valence-electron chi connectivity index (χ1n) is 5.86. The lowest BCUT2D eigenvalue weighted by atomic mass is 10.2. The van der Waals surface area contributed by atoms with Crippen LogP contribution in [0.15, 0.2) is 30.3 Å². The normalized spacial score (nSPS) is 10.0. The molecule has 0 N–H and O–H groups in total. The summed E-state index contributed by atoms with van der Waals surface area (Å²) >= 11 is 0. The van der Waals surface area contributed by atoms with Crippen LogP contribution < -0.4 is 9.47 Å².